The monoisotopic (exact) mass is 278 g/mol. The lowest BCUT2D eigenvalue weighted by Crippen LogP contribution is -2.20. The van der Waals surface area contributed by atoms with Crippen molar-refractivity contribution < 1.29 is 28.5 Å². The topological polar surface area (TPSA) is 66.8 Å². The number of aliphatic hydroxyl groups excluding tert-OH is 2. The van der Waals surface area contributed by atoms with Crippen molar-refractivity contribution in [1.82, 2.24) is 0 Å². The molecule has 100 valence electrons. The van der Waals surface area contributed by atoms with Crippen molar-refractivity contribution >= 4 is 18.6 Å². The Morgan fingerprint density at radius 2 is 1.89 bits per heavy atom. The molecule has 7 heteroatoms. The van der Waals surface area contributed by atoms with E-state index < -0.39 is 35.4 Å². The lowest BCUT2D eigenvalue weighted by molar-refractivity contribution is 0.0333. The Hall–Kier alpha value is -1.18. The molecule has 0 saturated carbocycles. The minimum atomic E-state index is -1.49. The standard InChI is InChI=1S/C11H12F2O4S/c1-17-11(16)9-6(12)2-5(3-7(9)13)10(15)8(14)4-18/h2-3,8,10,14-15,18H,4H2,1H3. The first-order chi connectivity index (χ1) is 8.42. The smallest absolute Gasteiger partial charge is 0.343 e. The van der Waals surface area contributed by atoms with Gasteiger partial charge in [-0.2, -0.15) is 12.6 Å². The molecule has 2 N–H and O–H groups in total. The van der Waals surface area contributed by atoms with Gasteiger partial charge in [0.1, 0.15) is 23.3 Å². The van der Waals surface area contributed by atoms with Gasteiger partial charge in [-0.25, -0.2) is 13.6 Å². The largest absolute Gasteiger partial charge is 0.465 e. The molecule has 0 aliphatic heterocycles. The number of carbonyl (C=O) groups excluding carboxylic acids is 1. The summed E-state index contributed by atoms with van der Waals surface area (Å²) in [5.74, 6) is -3.56. The molecule has 0 fully saturated rings. The van der Waals surface area contributed by atoms with E-state index in [1.807, 2.05) is 0 Å². The summed E-state index contributed by atoms with van der Waals surface area (Å²) in [6.07, 6.45) is -2.76. The number of halogens is 2. The van der Waals surface area contributed by atoms with Crippen LogP contribution in [0, 0.1) is 11.6 Å². The quantitative estimate of drug-likeness (QED) is 0.569. The summed E-state index contributed by atoms with van der Waals surface area (Å²) in [4.78, 5) is 11.1. The maximum absolute atomic E-state index is 13.5. The molecular formula is C11H12F2O4S. The van der Waals surface area contributed by atoms with Crippen LogP contribution in [0.4, 0.5) is 8.78 Å². The number of ether oxygens (including phenoxy) is 1. The fraction of sp³-hybridized carbons (Fsp3) is 0.364. The van der Waals surface area contributed by atoms with Crippen LogP contribution in [0.15, 0.2) is 12.1 Å². The molecule has 0 aliphatic carbocycles. The maximum atomic E-state index is 13.5. The first-order valence-corrected chi connectivity index (χ1v) is 5.59. The van der Waals surface area contributed by atoms with Crippen LogP contribution in [-0.4, -0.2) is 35.1 Å². The van der Waals surface area contributed by atoms with Gasteiger partial charge < -0.3 is 14.9 Å². The van der Waals surface area contributed by atoms with Crippen LogP contribution < -0.4 is 0 Å². The fourth-order valence-corrected chi connectivity index (χ4v) is 1.58. The summed E-state index contributed by atoms with van der Waals surface area (Å²) in [6.45, 7) is 0. The molecule has 2 atom stereocenters. The van der Waals surface area contributed by atoms with Crippen molar-refractivity contribution in [3.8, 4) is 0 Å². The molecule has 0 bridgehead atoms. The van der Waals surface area contributed by atoms with E-state index in [4.69, 9.17) is 0 Å². The molecule has 1 aromatic rings. The molecular weight excluding hydrogens is 266 g/mol. The number of esters is 1. The van der Waals surface area contributed by atoms with E-state index in [9.17, 15) is 23.8 Å². The lowest BCUT2D eigenvalue weighted by atomic mass is 10.0. The molecule has 0 aliphatic rings. The van der Waals surface area contributed by atoms with Crippen molar-refractivity contribution in [2.24, 2.45) is 0 Å². The zero-order valence-corrected chi connectivity index (χ0v) is 10.3. The van der Waals surface area contributed by atoms with Gasteiger partial charge in [0, 0.05) is 5.75 Å². The predicted octanol–water partition coefficient (Wildman–Crippen LogP) is 1.08. The highest BCUT2D eigenvalue weighted by Gasteiger charge is 2.24. The van der Waals surface area contributed by atoms with E-state index >= 15 is 0 Å². The van der Waals surface area contributed by atoms with Crippen molar-refractivity contribution in [3.05, 3.63) is 34.9 Å². The van der Waals surface area contributed by atoms with Crippen LogP contribution >= 0.6 is 12.6 Å². The van der Waals surface area contributed by atoms with E-state index in [-0.39, 0.29) is 11.3 Å². The Balaban J connectivity index is 3.18. The Morgan fingerprint density at radius 1 is 1.39 bits per heavy atom. The number of aliphatic hydroxyl groups is 2. The van der Waals surface area contributed by atoms with Crippen LogP contribution in [0.3, 0.4) is 0 Å². The van der Waals surface area contributed by atoms with Crippen LogP contribution in [0.1, 0.15) is 22.0 Å². The van der Waals surface area contributed by atoms with Gasteiger partial charge in [0.05, 0.1) is 13.2 Å². The van der Waals surface area contributed by atoms with E-state index in [0.717, 1.165) is 19.2 Å². The van der Waals surface area contributed by atoms with Gasteiger partial charge in [-0.3, -0.25) is 0 Å². The molecule has 2 unspecified atom stereocenters. The number of hydrogen-bond donors (Lipinski definition) is 3. The Labute approximate surface area is 108 Å². The van der Waals surface area contributed by atoms with Crippen molar-refractivity contribution in [2.45, 2.75) is 12.2 Å². The SMILES string of the molecule is COC(=O)c1c(F)cc(C(O)C(O)CS)cc1F. The zero-order chi connectivity index (χ0) is 13.9. The number of methoxy groups -OCH3 is 1. The van der Waals surface area contributed by atoms with Crippen molar-refractivity contribution in [1.29, 1.82) is 0 Å². The fourth-order valence-electron chi connectivity index (χ4n) is 1.38. The molecule has 0 heterocycles. The first-order valence-electron chi connectivity index (χ1n) is 4.96. The van der Waals surface area contributed by atoms with Gasteiger partial charge in [0.25, 0.3) is 0 Å². The molecule has 0 aromatic heterocycles. The molecule has 0 amide bonds. The molecule has 4 nitrogen and oxygen atoms in total. The maximum Gasteiger partial charge on any atom is 0.343 e. The molecule has 0 spiro atoms. The zero-order valence-electron chi connectivity index (χ0n) is 9.43. The third-order valence-electron chi connectivity index (χ3n) is 2.35. The van der Waals surface area contributed by atoms with Crippen LogP contribution in [0.5, 0.6) is 0 Å². The minimum absolute atomic E-state index is 0.0802. The van der Waals surface area contributed by atoms with Gasteiger partial charge >= 0.3 is 5.97 Å². The van der Waals surface area contributed by atoms with Gasteiger partial charge in [-0.15, -0.1) is 0 Å². The summed E-state index contributed by atoms with van der Waals surface area (Å²) in [7, 11) is 0.995. The third-order valence-corrected chi connectivity index (χ3v) is 2.72. The molecule has 0 radical (unpaired) electrons. The highest BCUT2D eigenvalue weighted by atomic mass is 32.1. The van der Waals surface area contributed by atoms with Crippen LogP contribution in [0.25, 0.3) is 0 Å². The van der Waals surface area contributed by atoms with Crippen molar-refractivity contribution in [3.63, 3.8) is 0 Å². The van der Waals surface area contributed by atoms with Gasteiger partial charge in [-0.05, 0) is 17.7 Å². The average Bonchev–Trinajstić information content (AvgIpc) is 2.35. The second-order valence-corrected chi connectivity index (χ2v) is 3.91. The molecule has 18 heavy (non-hydrogen) atoms. The highest BCUT2D eigenvalue weighted by molar-refractivity contribution is 7.80. The number of hydrogen-bond acceptors (Lipinski definition) is 5. The van der Waals surface area contributed by atoms with E-state index in [1.54, 1.807) is 0 Å². The van der Waals surface area contributed by atoms with E-state index in [2.05, 4.69) is 17.4 Å². The highest BCUT2D eigenvalue weighted by Crippen LogP contribution is 2.23. The number of thiol groups is 1. The lowest BCUT2D eigenvalue weighted by Gasteiger charge is -2.17. The van der Waals surface area contributed by atoms with Gasteiger partial charge in [-0.1, -0.05) is 0 Å². The van der Waals surface area contributed by atoms with Crippen LogP contribution in [-0.2, 0) is 4.74 Å². The summed E-state index contributed by atoms with van der Waals surface area (Å²) in [6, 6.07) is 1.54. The van der Waals surface area contributed by atoms with Crippen LogP contribution in [0.2, 0.25) is 0 Å². The number of rotatable bonds is 4. The number of carbonyl (C=O) groups is 1. The summed E-state index contributed by atoms with van der Waals surface area (Å²) < 4.78 is 31.3. The van der Waals surface area contributed by atoms with Gasteiger partial charge in [0.2, 0.25) is 0 Å². The number of benzene rings is 1. The second-order valence-electron chi connectivity index (χ2n) is 3.55. The first kappa shape index (κ1) is 14.9. The summed E-state index contributed by atoms with van der Waals surface area (Å²) >= 11 is 3.75. The van der Waals surface area contributed by atoms with E-state index in [1.165, 1.54) is 0 Å². The Kier molecular flexibility index (Phi) is 5.06. The second kappa shape index (κ2) is 6.12. The minimum Gasteiger partial charge on any atom is -0.465 e. The van der Waals surface area contributed by atoms with E-state index in [0.29, 0.717) is 0 Å². The Bertz CT molecular complexity index is 430. The molecule has 1 rings (SSSR count). The predicted molar refractivity (Wildman–Crippen MR) is 62.5 cm³/mol. The molecule has 0 saturated heterocycles. The molecule has 1 aromatic carbocycles. The average molecular weight is 278 g/mol. The summed E-state index contributed by atoms with van der Waals surface area (Å²) in [5.41, 5.74) is -1.02. The third kappa shape index (κ3) is 2.98. The normalized spacial score (nSPS) is 14.1. The van der Waals surface area contributed by atoms with Crippen molar-refractivity contribution in [2.75, 3.05) is 12.9 Å². The Morgan fingerprint density at radius 3 is 2.28 bits per heavy atom. The summed E-state index contributed by atoms with van der Waals surface area (Å²) in [5, 5.41) is 18.9. The van der Waals surface area contributed by atoms with Gasteiger partial charge in [0.15, 0.2) is 0 Å².